The van der Waals surface area contributed by atoms with Gasteiger partial charge in [0.15, 0.2) is 10.2 Å². The Morgan fingerprint density at radius 1 is 0.840 bits per heavy atom. The molecule has 7 heteroatoms. The highest BCUT2D eigenvalue weighted by Gasteiger charge is 2.06. The molecule has 2 rings (SSSR count). The SMILES string of the molecule is COc1ccc(NC(=S)NNC(=S)Nc2c(C)cc(C)cc2C)cc1. The van der Waals surface area contributed by atoms with Crippen molar-refractivity contribution in [1.29, 1.82) is 0 Å². The van der Waals surface area contributed by atoms with Crippen molar-refractivity contribution in [3.05, 3.63) is 53.1 Å². The van der Waals surface area contributed by atoms with Crippen molar-refractivity contribution in [3.63, 3.8) is 0 Å². The number of hydrogen-bond donors (Lipinski definition) is 4. The smallest absolute Gasteiger partial charge is 0.189 e. The molecule has 132 valence electrons. The molecule has 0 bridgehead atoms. The molecule has 2 aromatic rings. The third-order valence-corrected chi connectivity index (χ3v) is 3.96. The number of aryl methyl sites for hydroxylation is 3. The van der Waals surface area contributed by atoms with Gasteiger partial charge in [-0.1, -0.05) is 17.7 Å². The second kappa shape index (κ2) is 8.64. The quantitative estimate of drug-likeness (QED) is 0.481. The fraction of sp³-hybridized carbons (Fsp3) is 0.222. The first-order valence-electron chi connectivity index (χ1n) is 7.75. The number of hydrazine groups is 1. The Hall–Kier alpha value is -2.38. The molecule has 0 unspecified atom stereocenters. The summed E-state index contributed by atoms with van der Waals surface area (Å²) in [5, 5.41) is 7.10. The molecule has 0 aliphatic heterocycles. The maximum Gasteiger partial charge on any atom is 0.189 e. The fourth-order valence-electron chi connectivity index (χ4n) is 2.47. The van der Waals surface area contributed by atoms with Crippen molar-refractivity contribution in [2.45, 2.75) is 20.8 Å². The van der Waals surface area contributed by atoms with E-state index >= 15 is 0 Å². The van der Waals surface area contributed by atoms with Crippen molar-refractivity contribution < 1.29 is 4.74 Å². The highest BCUT2D eigenvalue weighted by molar-refractivity contribution is 7.81. The van der Waals surface area contributed by atoms with Gasteiger partial charge in [-0.2, -0.15) is 0 Å². The number of thiocarbonyl (C=S) groups is 2. The van der Waals surface area contributed by atoms with E-state index in [4.69, 9.17) is 29.2 Å². The summed E-state index contributed by atoms with van der Waals surface area (Å²) < 4.78 is 5.12. The Morgan fingerprint density at radius 2 is 1.36 bits per heavy atom. The molecule has 0 saturated carbocycles. The lowest BCUT2D eigenvalue weighted by Gasteiger charge is -2.17. The predicted molar refractivity (Wildman–Crippen MR) is 112 cm³/mol. The number of hydrogen-bond acceptors (Lipinski definition) is 3. The van der Waals surface area contributed by atoms with Crippen LogP contribution in [0, 0.1) is 20.8 Å². The van der Waals surface area contributed by atoms with Crippen molar-refractivity contribution in [3.8, 4) is 5.75 Å². The predicted octanol–water partition coefficient (Wildman–Crippen LogP) is 3.81. The normalized spacial score (nSPS) is 9.92. The van der Waals surface area contributed by atoms with Crippen LogP contribution in [-0.2, 0) is 0 Å². The minimum Gasteiger partial charge on any atom is -0.497 e. The van der Waals surface area contributed by atoms with Gasteiger partial charge >= 0.3 is 0 Å². The topological polar surface area (TPSA) is 57.4 Å². The first-order chi connectivity index (χ1) is 11.9. The third-order valence-electron chi connectivity index (χ3n) is 3.55. The number of benzene rings is 2. The molecule has 0 aromatic heterocycles. The molecule has 0 spiro atoms. The van der Waals surface area contributed by atoms with Crippen LogP contribution in [0.3, 0.4) is 0 Å². The minimum absolute atomic E-state index is 0.409. The van der Waals surface area contributed by atoms with Gasteiger partial charge in [0.1, 0.15) is 5.75 Å². The zero-order valence-corrected chi connectivity index (χ0v) is 16.3. The first-order valence-corrected chi connectivity index (χ1v) is 8.56. The third kappa shape index (κ3) is 5.58. The summed E-state index contributed by atoms with van der Waals surface area (Å²) >= 11 is 10.6. The Kier molecular flexibility index (Phi) is 6.55. The molecule has 0 fully saturated rings. The second-order valence-corrected chi connectivity index (χ2v) is 6.48. The Labute approximate surface area is 159 Å². The largest absolute Gasteiger partial charge is 0.497 e. The molecule has 0 heterocycles. The molecule has 0 aliphatic carbocycles. The molecule has 2 aromatic carbocycles. The van der Waals surface area contributed by atoms with E-state index in [0.29, 0.717) is 10.2 Å². The van der Waals surface area contributed by atoms with E-state index in [0.717, 1.165) is 28.3 Å². The molecule has 4 N–H and O–H groups in total. The van der Waals surface area contributed by atoms with E-state index in [1.54, 1.807) is 7.11 Å². The van der Waals surface area contributed by atoms with Gasteiger partial charge in [-0.15, -0.1) is 0 Å². The number of nitrogens with one attached hydrogen (secondary N) is 4. The van der Waals surface area contributed by atoms with Crippen molar-refractivity contribution >= 4 is 46.0 Å². The molecule has 0 atom stereocenters. The summed E-state index contributed by atoms with van der Waals surface area (Å²) in [6, 6.07) is 11.7. The maximum absolute atomic E-state index is 5.32. The van der Waals surface area contributed by atoms with Gasteiger partial charge in [0, 0.05) is 11.4 Å². The lowest BCUT2D eigenvalue weighted by molar-refractivity contribution is 0.415. The van der Waals surface area contributed by atoms with Crippen LogP contribution < -0.4 is 26.2 Å². The molecule has 0 saturated heterocycles. The van der Waals surface area contributed by atoms with Crippen LogP contribution in [0.4, 0.5) is 11.4 Å². The van der Waals surface area contributed by atoms with Gasteiger partial charge in [-0.3, -0.25) is 10.9 Å². The van der Waals surface area contributed by atoms with Crippen molar-refractivity contribution in [2.24, 2.45) is 0 Å². The van der Waals surface area contributed by atoms with E-state index in [9.17, 15) is 0 Å². The fourth-order valence-corrected chi connectivity index (χ4v) is 2.79. The Bertz CT molecular complexity index is 752. The average Bonchev–Trinajstić information content (AvgIpc) is 2.57. The highest BCUT2D eigenvalue weighted by atomic mass is 32.1. The summed E-state index contributed by atoms with van der Waals surface area (Å²) in [4.78, 5) is 0. The zero-order chi connectivity index (χ0) is 18.4. The van der Waals surface area contributed by atoms with Gasteiger partial charge < -0.3 is 15.4 Å². The molecular formula is C18H22N4OS2. The second-order valence-electron chi connectivity index (χ2n) is 5.66. The van der Waals surface area contributed by atoms with Gasteiger partial charge in [0.05, 0.1) is 7.11 Å². The first kappa shape index (κ1) is 19.0. The maximum atomic E-state index is 5.32. The summed E-state index contributed by atoms with van der Waals surface area (Å²) in [5.41, 5.74) is 11.1. The van der Waals surface area contributed by atoms with Gasteiger partial charge in [0.25, 0.3) is 0 Å². The van der Waals surface area contributed by atoms with Crippen LogP contribution in [0.5, 0.6) is 5.75 Å². The van der Waals surface area contributed by atoms with Crippen LogP contribution in [0.1, 0.15) is 16.7 Å². The van der Waals surface area contributed by atoms with E-state index in [-0.39, 0.29) is 0 Å². The molecule has 0 amide bonds. The van der Waals surface area contributed by atoms with Crippen molar-refractivity contribution in [2.75, 3.05) is 17.7 Å². The van der Waals surface area contributed by atoms with E-state index in [1.807, 2.05) is 38.1 Å². The summed E-state index contributed by atoms with van der Waals surface area (Å²) in [7, 11) is 1.63. The van der Waals surface area contributed by atoms with Crippen LogP contribution in [0.25, 0.3) is 0 Å². The van der Waals surface area contributed by atoms with Gasteiger partial charge in [0.2, 0.25) is 0 Å². The van der Waals surface area contributed by atoms with E-state index in [1.165, 1.54) is 5.56 Å². The lowest BCUT2D eigenvalue weighted by atomic mass is 10.1. The van der Waals surface area contributed by atoms with Crippen LogP contribution in [-0.4, -0.2) is 17.3 Å². The number of anilines is 2. The molecule has 25 heavy (non-hydrogen) atoms. The van der Waals surface area contributed by atoms with E-state index < -0.39 is 0 Å². The molecule has 0 aliphatic rings. The summed E-state index contributed by atoms with van der Waals surface area (Å²) in [5.74, 6) is 0.789. The summed E-state index contributed by atoms with van der Waals surface area (Å²) in [6.07, 6.45) is 0. The number of methoxy groups -OCH3 is 1. The minimum atomic E-state index is 0.409. The Morgan fingerprint density at radius 3 is 1.88 bits per heavy atom. The van der Waals surface area contributed by atoms with Crippen molar-refractivity contribution in [1.82, 2.24) is 10.9 Å². The number of rotatable bonds is 3. The lowest BCUT2D eigenvalue weighted by Crippen LogP contribution is -2.45. The monoisotopic (exact) mass is 374 g/mol. The zero-order valence-electron chi connectivity index (χ0n) is 14.7. The average molecular weight is 375 g/mol. The van der Waals surface area contributed by atoms with Gasteiger partial charge in [-0.05, 0) is 80.6 Å². The van der Waals surface area contributed by atoms with Gasteiger partial charge in [-0.25, -0.2) is 0 Å². The van der Waals surface area contributed by atoms with Crippen LogP contribution >= 0.6 is 24.4 Å². The van der Waals surface area contributed by atoms with Crippen LogP contribution in [0.2, 0.25) is 0 Å². The number of ether oxygens (including phenoxy) is 1. The molecule has 0 radical (unpaired) electrons. The molecular weight excluding hydrogens is 352 g/mol. The highest BCUT2D eigenvalue weighted by Crippen LogP contribution is 2.21. The van der Waals surface area contributed by atoms with E-state index in [2.05, 4.69) is 40.5 Å². The van der Waals surface area contributed by atoms with Crippen LogP contribution in [0.15, 0.2) is 36.4 Å². The standard InChI is InChI=1S/C18H22N4OS2/c1-11-9-12(2)16(13(3)10-11)20-18(25)22-21-17(24)19-14-5-7-15(23-4)8-6-14/h5-10H,1-4H3,(H2,19,21,24)(H2,20,22,25). The summed E-state index contributed by atoms with van der Waals surface area (Å²) in [6.45, 7) is 6.17. The molecule has 5 nitrogen and oxygen atoms in total. The Balaban J connectivity index is 1.86.